The summed E-state index contributed by atoms with van der Waals surface area (Å²) >= 11 is 1.76. The maximum Gasteiger partial charge on any atom is 0.113 e. The van der Waals surface area contributed by atoms with E-state index >= 15 is 0 Å². The van der Waals surface area contributed by atoms with Gasteiger partial charge in [-0.25, -0.2) is 4.98 Å². The molecule has 15 heavy (non-hydrogen) atoms. The minimum Gasteiger partial charge on any atom is -0.319 e. The van der Waals surface area contributed by atoms with Crippen LogP contribution in [0.1, 0.15) is 55.1 Å². The van der Waals surface area contributed by atoms with Gasteiger partial charge in [0.15, 0.2) is 0 Å². The standard InChI is InChI=1S/C12H22N2S/c1-5-7-8-12(13,6-2)11-14-9(3)10(4)15-11/h5-8,13H2,1-4H3. The summed E-state index contributed by atoms with van der Waals surface area (Å²) in [5.41, 5.74) is 7.37. The first-order valence-corrected chi connectivity index (χ1v) is 6.58. The normalized spacial score (nSPS) is 15.3. The molecule has 1 rings (SSSR count). The summed E-state index contributed by atoms with van der Waals surface area (Å²) in [7, 11) is 0. The molecule has 0 aliphatic rings. The number of aryl methyl sites for hydroxylation is 2. The van der Waals surface area contributed by atoms with Crippen LogP contribution in [-0.2, 0) is 5.54 Å². The SMILES string of the molecule is CCCCC(N)(CC)c1nc(C)c(C)s1. The van der Waals surface area contributed by atoms with E-state index in [9.17, 15) is 0 Å². The fraction of sp³-hybridized carbons (Fsp3) is 0.750. The molecule has 0 amide bonds. The summed E-state index contributed by atoms with van der Waals surface area (Å²) in [5, 5.41) is 1.12. The zero-order valence-electron chi connectivity index (χ0n) is 10.3. The molecule has 0 fully saturated rings. The van der Waals surface area contributed by atoms with Crippen molar-refractivity contribution in [2.24, 2.45) is 5.73 Å². The van der Waals surface area contributed by atoms with Crippen molar-refractivity contribution in [2.75, 3.05) is 0 Å². The van der Waals surface area contributed by atoms with Crippen molar-refractivity contribution >= 4 is 11.3 Å². The van der Waals surface area contributed by atoms with Crippen molar-refractivity contribution in [3.63, 3.8) is 0 Å². The van der Waals surface area contributed by atoms with E-state index in [2.05, 4.69) is 32.7 Å². The first-order chi connectivity index (χ1) is 7.03. The maximum absolute atomic E-state index is 6.43. The summed E-state index contributed by atoms with van der Waals surface area (Å²) in [4.78, 5) is 5.90. The topological polar surface area (TPSA) is 38.9 Å². The summed E-state index contributed by atoms with van der Waals surface area (Å²) < 4.78 is 0. The Morgan fingerprint density at radius 1 is 1.33 bits per heavy atom. The van der Waals surface area contributed by atoms with Gasteiger partial charge >= 0.3 is 0 Å². The van der Waals surface area contributed by atoms with Crippen LogP contribution in [0.5, 0.6) is 0 Å². The molecule has 3 heteroatoms. The molecule has 2 nitrogen and oxygen atoms in total. The Hall–Kier alpha value is -0.410. The monoisotopic (exact) mass is 226 g/mol. The van der Waals surface area contributed by atoms with Gasteiger partial charge in [-0.3, -0.25) is 0 Å². The fourth-order valence-corrected chi connectivity index (χ4v) is 2.73. The van der Waals surface area contributed by atoms with Crippen LogP contribution in [0.25, 0.3) is 0 Å². The van der Waals surface area contributed by atoms with Crippen LogP contribution in [0.2, 0.25) is 0 Å². The number of hydrogen-bond acceptors (Lipinski definition) is 3. The highest BCUT2D eigenvalue weighted by Crippen LogP contribution is 2.32. The molecule has 1 atom stereocenters. The van der Waals surface area contributed by atoms with E-state index < -0.39 is 0 Å². The summed E-state index contributed by atoms with van der Waals surface area (Å²) in [6.45, 7) is 8.54. The van der Waals surface area contributed by atoms with Crippen LogP contribution in [0.15, 0.2) is 0 Å². The third kappa shape index (κ3) is 2.79. The highest BCUT2D eigenvalue weighted by atomic mass is 32.1. The average molecular weight is 226 g/mol. The molecule has 0 saturated carbocycles. The number of hydrogen-bond donors (Lipinski definition) is 1. The van der Waals surface area contributed by atoms with E-state index in [4.69, 9.17) is 5.73 Å². The predicted molar refractivity (Wildman–Crippen MR) is 67.3 cm³/mol. The molecule has 2 N–H and O–H groups in total. The number of nitrogens with two attached hydrogens (primary N) is 1. The lowest BCUT2D eigenvalue weighted by Gasteiger charge is -2.25. The molecule has 0 spiro atoms. The van der Waals surface area contributed by atoms with Crippen molar-refractivity contribution in [1.82, 2.24) is 4.98 Å². The van der Waals surface area contributed by atoms with Gasteiger partial charge < -0.3 is 5.73 Å². The van der Waals surface area contributed by atoms with Crippen LogP contribution in [0.4, 0.5) is 0 Å². The Bertz CT molecular complexity index is 300. The summed E-state index contributed by atoms with van der Waals surface area (Å²) in [6, 6.07) is 0. The lowest BCUT2D eigenvalue weighted by Crippen LogP contribution is -2.35. The molecule has 0 aliphatic carbocycles. The number of rotatable bonds is 5. The molecule has 0 aromatic carbocycles. The number of aromatic nitrogens is 1. The Labute approximate surface area is 96.9 Å². The van der Waals surface area contributed by atoms with E-state index in [0.29, 0.717) is 0 Å². The summed E-state index contributed by atoms with van der Waals surface area (Å²) in [5.74, 6) is 0. The van der Waals surface area contributed by atoms with Gasteiger partial charge in [0.2, 0.25) is 0 Å². The number of unbranched alkanes of at least 4 members (excludes halogenated alkanes) is 1. The Balaban J connectivity index is 2.89. The van der Waals surface area contributed by atoms with Crippen molar-refractivity contribution in [3.8, 4) is 0 Å². The van der Waals surface area contributed by atoms with E-state index in [-0.39, 0.29) is 5.54 Å². The largest absolute Gasteiger partial charge is 0.319 e. The fourth-order valence-electron chi connectivity index (χ4n) is 1.61. The number of thiazole rings is 1. The van der Waals surface area contributed by atoms with Crippen molar-refractivity contribution in [2.45, 2.75) is 58.9 Å². The molecule has 0 saturated heterocycles. The Morgan fingerprint density at radius 3 is 2.40 bits per heavy atom. The zero-order chi connectivity index (χ0) is 11.5. The first kappa shape index (κ1) is 12.7. The number of nitrogens with zero attached hydrogens (tertiary/aromatic N) is 1. The van der Waals surface area contributed by atoms with Gasteiger partial charge in [-0.2, -0.15) is 0 Å². The lowest BCUT2D eigenvalue weighted by atomic mass is 9.92. The third-order valence-electron chi connectivity index (χ3n) is 3.06. The van der Waals surface area contributed by atoms with Gasteiger partial charge in [0.1, 0.15) is 5.01 Å². The van der Waals surface area contributed by atoms with Gasteiger partial charge in [0.05, 0.1) is 11.2 Å². The summed E-state index contributed by atoms with van der Waals surface area (Å²) in [6.07, 6.45) is 4.40. The van der Waals surface area contributed by atoms with Crippen LogP contribution >= 0.6 is 11.3 Å². The maximum atomic E-state index is 6.43. The zero-order valence-corrected chi connectivity index (χ0v) is 11.1. The molecule has 1 aromatic rings. The van der Waals surface area contributed by atoms with Crippen LogP contribution in [-0.4, -0.2) is 4.98 Å². The molecule has 1 aromatic heterocycles. The van der Waals surface area contributed by atoms with Gasteiger partial charge in [-0.05, 0) is 26.7 Å². The molecule has 86 valence electrons. The molecule has 0 aliphatic heterocycles. The predicted octanol–water partition coefficient (Wildman–Crippen LogP) is 3.51. The van der Waals surface area contributed by atoms with Crippen molar-refractivity contribution in [1.29, 1.82) is 0 Å². The second-order valence-electron chi connectivity index (χ2n) is 4.27. The molecule has 0 bridgehead atoms. The molecule has 1 heterocycles. The minimum atomic E-state index is -0.195. The first-order valence-electron chi connectivity index (χ1n) is 5.77. The minimum absolute atomic E-state index is 0.195. The highest BCUT2D eigenvalue weighted by Gasteiger charge is 2.28. The van der Waals surface area contributed by atoms with E-state index in [0.717, 1.165) is 23.5 Å². The lowest BCUT2D eigenvalue weighted by molar-refractivity contribution is 0.378. The van der Waals surface area contributed by atoms with Gasteiger partial charge in [0.25, 0.3) is 0 Å². The molecular weight excluding hydrogens is 204 g/mol. The second-order valence-corrected chi connectivity index (χ2v) is 5.48. The van der Waals surface area contributed by atoms with Crippen molar-refractivity contribution in [3.05, 3.63) is 15.6 Å². The highest BCUT2D eigenvalue weighted by molar-refractivity contribution is 7.11. The van der Waals surface area contributed by atoms with Gasteiger partial charge in [0, 0.05) is 4.88 Å². The molecular formula is C12H22N2S. The Morgan fingerprint density at radius 2 is 2.00 bits per heavy atom. The van der Waals surface area contributed by atoms with Crippen molar-refractivity contribution < 1.29 is 0 Å². The van der Waals surface area contributed by atoms with Gasteiger partial charge in [-0.15, -0.1) is 11.3 Å². The van der Waals surface area contributed by atoms with Crippen LogP contribution in [0.3, 0.4) is 0 Å². The van der Waals surface area contributed by atoms with E-state index in [1.807, 2.05) is 0 Å². The second kappa shape index (κ2) is 5.08. The van der Waals surface area contributed by atoms with Crippen LogP contribution < -0.4 is 5.73 Å². The third-order valence-corrected chi connectivity index (χ3v) is 4.35. The van der Waals surface area contributed by atoms with E-state index in [1.165, 1.54) is 17.7 Å². The quantitative estimate of drug-likeness (QED) is 0.834. The molecule has 1 unspecified atom stereocenters. The Kier molecular flexibility index (Phi) is 4.29. The van der Waals surface area contributed by atoms with E-state index in [1.54, 1.807) is 11.3 Å². The van der Waals surface area contributed by atoms with Crippen LogP contribution in [0, 0.1) is 13.8 Å². The average Bonchev–Trinajstić information content (AvgIpc) is 2.56. The smallest absolute Gasteiger partial charge is 0.113 e. The molecule has 0 radical (unpaired) electrons. The van der Waals surface area contributed by atoms with Gasteiger partial charge in [-0.1, -0.05) is 26.7 Å².